The molecule has 0 saturated carbocycles. The molecule has 0 spiro atoms. The summed E-state index contributed by atoms with van der Waals surface area (Å²) in [6.45, 7) is 4.00. The fraction of sp³-hybridized carbons (Fsp3) is 0.300. The van der Waals surface area contributed by atoms with Crippen LogP contribution in [0.25, 0.3) is 5.65 Å². The first-order valence-electron chi connectivity index (χ1n) is 4.43. The number of rotatable bonds is 1. The summed E-state index contributed by atoms with van der Waals surface area (Å²) in [6, 6.07) is 6.73. The Kier molecular flexibility index (Phi) is 6.18. The number of aromatic nitrogens is 2. The van der Waals surface area contributed by atoms with Crippen LogP contribution in [0.2, 0.25) is 0 Å². The molecule has 14 heavy (non-hydrogen) atoms. The summed E-state index contributed by atoms with van der Waals surface area (Å²) in [4.78, 5) is 4.26. The normalized spacial score (nSPS) is 8.50. The van der Waals surface area contributed by atoms with Gasteiger partial charge in [-0.25, -0.2) is 17.1 Å². The van der Waals surface area contributed by atoms with Gasteiger partial charge in [0.15, 0.2) is 0 Å². The maximum atomic E-state index is 4.26. The van der Waals surface area contributed by atoms with Crippen molar-refractivity contribution in [2.24, 2.45) is 0 Å². The molecule has 1 radical (unpaired) electrons. The van der Waals surface area contributed by atoms with Crippen LogP contribution in [0, 0.1) is 6.07 Å². The maximum absolute atomic E-state index is 4.26. The molecule has 2 aromatic heterocycles. The average Bonchev–Trinajstić information content (AvgIpc) is 2.63. The van der Waals surface area contributed by atoms with E-state index < -0.39 is 0 Å². The van der Waals surface area contributed by atoms with E-state index >= 15 is 0 Å². The summed E-state index contributed by atoms with van der Waals surface area (Å²) in [5.41, 5.74) is 0.938. The quantitative estimate of drug-likeness (QED) is 0.788. The van der Waals surface area contributed by atoms with Gasteiger partial charge in [0.25, 0.3) is 0 Å². The molecule has 0 aliphatic carbocycles. The summed E-state index contributed by atoms with van der Waals surface area (Å²) < 4.78 is 1.92. The van der Waals surface area contributed by atoms with Crippen molar-refractivity contribution in [1.29, 1.82) is 0 Å². The van der Waals surface area contributed by atoms with Crippen LogP contribution >= 0.6 is 0 Å². The van der Waals surface area contributed by atoms with Crippen molar-refractivity contribution >= 4 is 11.5 Å². The molecule has 0 amide bonds. The standard InChI is InChI=1S/C8H8N3.C2H6.Re/c1-9-7-6-11-5-3-2-4-8(11)10-7;1-2;/h2,4-6,9H,1H3;1-2H3;/q-1;;. The van der Waals surface area contributed by atoms with Crippen molar-refractivity contribution in [1.82, 2.24) is 9.38 Å². The van der Waals surface area contributed by atoms with Gasteiger partial charge in [0.05, 0.1) is 5.65 Å². The minimum absolute atomic E-state index is 0. The number of pyridine rings is 1. The Hall–Kier alpha value is -0.848. The molecule has 2 heterocycles. The van der Waals surface area contributed by atoms with Gasteiger partial charge in [0, 0.05) is 33.7 Å². The topological polar surface area (TPSA) is 29.3 Å². The number of anilines is 1. The molecule has 0 unspecified atom stereocenters. The molecular weight excluding hydrogens is 348 g/mol. The fourth-order valence-corrected chi connectivity index (χ4v) is 1.00. The van der Waals surface area contributed by atoms with Crippen molar-refractivity contribution in [2.45, 2.75) is 13.8 Å². The van der Waals surface area contributed by atoms with E-state index in [1.54, 1.807) is 0 Å². The number of nitrogens with zero attached hydrogens (tertiary/aromatic N) is 2. The molecule has 4 heteroatoms. The SMILES string of the molecule is CC.CNc1cn2c[c-]ccc2n1.[Re]. The van der Waals surface area contributed by atoms with Gasteiger partial charge in [0.1, 0.15) is 5.82 Å². The summed E-state index contributed by atoms with van der Waals surface area (Å²) in [6.07, 6.45) is 3.77. The van der Waals surface area contributed by atoms with Gasteiger partial charge in [-0.15, -0.1) is 0 Å². The molecule has 2 aromatic rings. The van der Waals surface area contributed by atoms with Crippen LogP contribution in [0.4, 0.5) is 5.82 Å². The molecule has 0 aromatic carbocycles. The Labute approximate surface area is 98.2 Å². The molecule has 0 aliphatic rings. The first-order valence-corrected chi connectivity index (χ1v) is 4.43. The largest absolute Gasteiger partial charge is 0.372 e. The van der Waals surface area contributed by atoms with E-state index in [1.807, 2.05) is 49.8 Å². The minimum Gasteiger partial charge on any atom is -0.372 e. The number of hydrogen-bond donors (Lipinski definition) is 1. The first kappa shape index (κ1) is 13.2. The predicted octanol–water partition coefficient (Wildman–Crippen LogP) is 2.20. The van der Waals surface area contributed by atoms with E-state index in [0.717, 1.165) is 11.5 Å². The van der Waals surface area contributed by atoms with Crippen LogP contribution in [0.3, 0.4) is 0 Å². The van der Waals surface area contributed by atoms with Crippen molar-refractivity contribution in [2.75, 3.05) is 12.4 Å². The van der Waals surface area contributed by atoms with E-state index in [1.165, 1.54) is 0 Å². The van der Waals surface area contributed by atoms with Gasteiger partial charge < -0.3 is 9.72 Å². The van der Waals surface area contributed by atoms with Crippen LogP contribution in [0.5, 0.6) is 0 Å². The Morgan fingerprint density at radius 1 is 1.43 bits per heavy atom. The van der Waals surface area contributed by atoms with Crippen molar-refractivity contribution in [3.8, 4) is 0 Å². The molecule has 0 aliphatic heterocycles. The molecule has 1 N–H and O–H groups in total. The van der Waals surface area contributed by atoms with E-state index in [2.05, 4.69) is 16.4 Å². The van der Waals surface area contributed by atoms with Crippen molar-refractivity contribution in [3.05, 3.63) is 30.6 Å². The average molecular weight is 362 g/mol. The smallest absolute Gasteiger partial charge is 0.142 e. The summed E-state index contributed by atoms with van der Waals surface area (Å²) in [5.74, 6) is 0.879. The predicted molar refractivity (Wildman–Crippen MR) is 54.9 cm³/mol. The van der Waals surface area contributed by atoms with Crippen LogP contribution in [0.1, 0.15) is 13.8 Å². The molecule has 0 saturated heterocycles. The van der Waals surface area contributed by atoms with Crippen LogP contribution in [-0.2, 0) is 20.4 Å². The zero-order valence-corrected chi connectivity index (χ0v) is 11.3. The molecule has 2 rings (SSSR count). The third kappa shape index (κ3) is 2.83. The molecule has 0 fully saturated rings. The number of fused-ring (bicyclic) bond motifs is 1. The molecular formula is C10H14N3Re-. The molecule has 3 nitrogen and oxygen atoms in total. The molecule has 77 valence electrons. The second kappa shape index (κ2) is 6.58. The van der Waals surface area contributed by atoms with E-state index in [-0.39, 0.29) is 20.4 Å². The second-order valence-electron chi connectivity index (χ2n) is 2.27. The van der Waals surface area contributed by atoms with Gasteiger partial charge >= 0.3 is 0 Å². The summed E-state index contributed by atoms with van der Waals surface area (Å²) in [7, 11) is 1.85. The van der Waals surface area contributed by atoms with Crippen LogP contribution in [-0.4, -0.2) is 16.4 Å². The van der Waals surface area contributed by atoms with Gasteiger partial charge in [-0.2, -0.15) is 6.07 Å². The zero-order chi connectivity index (χ0) is 9.68. The van der Waals surface area contributed by atoms with Gasteiger partial charge in [0.2, 0.25) is 0 Å². The molecule has 0 bridgehead atoms. The molecule has 0 atom stereocenters. The Balaban J connectivity index is 0.000000531. The maximum Gasteiger partial charge on any atom is 0.142 e. The summed E-state index contributed by atoms with van der Waals surface area (Å²) in [5, 5.41) is 2.97. The first-order chi connectivity index (χ1) is 6.40. The Morgan fingerprint density at radius 3 is 2.71 bits per heavy atom. The third-order valence-electron chi connectivity index (χ3n) is 1.56. The Bertz CT molecular complexity index is 337. The van der Waals surface area contributed by atoms with E-state index in [9.17, 15) is 0 Å². The van der Waals surface area contributed by atoms with Crippen molar-refractivity contribution < 1.29 is 20.4 Å². The summed E-state index contributed by atoms with van der Waals surface area (Å²) >= 11 is 0. The van der Waals surface area contributed by atoms with Crippen LogP contribution < -0.4 is 5.32 Å². The van der Waals surface area contributed by atoms with E-state index in [4.69, 9.17) is 0 Å². The number of hydrogen-bond acceptors (Lipinski definition) is 2. The zero-order valence-electron chi connectivity index (χ0n) is 8.58. The number of nitrogens with one attached hydrogen (secondary N) is 1. The van der Waals surface area contributed by atoms with Crippen molar-refractivity contribution in [3.63, 3.8) is 0 Å². The van der Waals surface area contributed by atoms with Gasteiger partial charge in [-0.05, 0) is 0 Å². The monoisotopic (exact) mass is 363 g/mol. The van der Waals surface area contributed by atoms with Gasteiger partial charge in [-0.1, -0.05) is 20.0 Å². The second-order valence-corrected chi connectivity index (χ2v) is 2.27. The van der Waals surface area contributed by atoms with Crippen LogP contribution in [0.15, 0.2) is 24.5 Å². The number of imidazole rings is 1. The van der Waals surface area contributed by atoms with E-state index in [0.29, 0.717) is 0 Å². The minimum atomic E-state index is 0. The third-order valence-corrected chi connectivity index (χ3v) is 1.56. The van der Waals surface area contributed by atoms with Gasteiger partial charge in [-0.3, -0.25) is 0 Å². The Morgan fingerprint density at radius 2 is 2.14 bits per heavy atom. The fourth-order valence-electron chi connectivity index (χ4n) is 1.00.